The minimum absolute atomic E-state index is 0.958. The van der Waals surface area contributed by atoms with Crippen molar-refractivity contribution in [3.63, 3.8) is 0 Å². The Labute approximate surface area is 117 Å². The van der Waals surface area contributed by atoms with Gasteiger partial charge in [0.2, 0.25) is 0 Å². The minimum atomic E-state index is 0.958. The average Bonchev–Trinajstić information content (AvgIpc) is 2.80. The molecule has 1 heterocycles. The fraction of sp³-hybridized carbons (Fsp3) is 0.0526. The van der Waals surface area contributed by atoms with E-state index in [0.717, 1.165) is 11.3 Å². The quantitative estimate of drug-likeness (QED) is 0.435. The number of benzene rings is 3. The highest BCUT2D eigenvalue weighted by atomic mass is 16.3. The second kappa shape index (κ2) is 4.24. The molecule has 1 nitrogen and oxygen atoms in total. The molecule has 0 radical (unpaired) electrons. The molecular formula is C19H14O. The zero-order valence-corrected chi connectivity index (χ0v) is 11.3. The maximum atomic E-state index is 5.96. The van der Waals surface area contributed by atoms with Crippen LogP contribution >= 0.6 is 0 Å². The van der Waals surface area contributed by atoms with Gasteiger partial charge in [0.1, 0.15) is 11.3 Å². The van der Waals surface area contributed by atoms with Gasteiger partial charge in [-0.15, -0.1) is 0 Å². The van der Waals surface area contributed by atoms with Gasteiger partial charge in [0.25, 0.3) is 0 Å². The normalized spacial score (nSPS) is 11.2. The molecule has 20 heavy (non-hydrogen) atoms. The Morgan fingerprint density at radius 2 is 1.40 bits per heavy atom. The summed E-state index contributed by atoms with van der Waals surface area (Å²) in [5.74, 6) is 0.974. The maximum absolute atomic E-state index is 5.96. The van der Waals surface area contributed by atoms with Gasteiger partial charge in [0.15, 0.2) is 0 Å². The van der Waals surface area contributed by atoms with Crippen LogP contribution in [-0.4, -0.2) is 0 Å². The Morgan fingerprint density at radius 3 is 2.15 bits per heavy atom. The van der Waals surface area contributed by atoms with Crippen LogP contribution in [-0.2, 0) is 0 Å². The summed E-state index contributed by atoms with van der Waals surface area (Å²) in [6.45, 7) is 2.03. The molecule has 3 aromatic carbocycles. The van der Waals surface area contributed by atoms with Gasteiger partial charge in [-0.2, -0.15) is 0 Å². The summed E-state index contributed by atoms with van der Waals surface area (Å²) < 4.78 is 5.96. The van der Waals surface area contributed by atoms with E-state index in [4.69, 9.17) is 4.42 Å². The van der Waals surface area contributed by atoms with Crippen LogP contribution in [0.25, 0.3) is 32.9 Å². The van der Waals surface area contributed by atoms with Crippen LogP contribution in [0.5, 0.6) is 0 Å². The SMILES string of the molecule is Cc1oc2cc3ccccc3cc2c1-c1ccccc1. The summed E-state index contributed by atoms with van der Waals surface area (Å²) in [5, 5.41) is 3.65. The summed E-state index contributed by atoms with van der Waals surface area (Å²) in [4.78, 5) is 0. The average molecular weight is 258 g/mol. The number of hydrogen-bond donors (Lipinski definition) is 0. The second-order valence-corrected chi connectivity index (χ2v) is 5.09. The molecule has 1 heteroatoms. The standard InChI is InChI=1S/C19H14O/c1-13-19(14-7-3-2-4-8-14)17-11-15-9-5-6-10-16(15)12-18(17)20-13/h2-12H,1H3. The molecule has 0 saturated heterocycles. The van der Waals surface area contributed by atoms with Gasteiger partial charge in [-0.25, -0.2) is 0 Å². The fourth-order valence-electron chi connectivity index (χ4n) is 2.87. The second-order valence-electron chi connectivity index (χ2n) is 5.09. The van der Waals surface area contributed by atoms with E-state index in [1.807, 2.05) is 13.0 Å². The number of aryl methyl sites for hydroxylation is 1. The highest BCUT2D eigenvalue weighted by molar-refractivity contribution is 6.03. The third-order valence-corrected chi connectivity index (χ3v) is 3.79. The van der Waals surface area contributed by atoms with Crippen molar-refractivity contribution in [2.24, 2.45) is 0 Å². The Kier molecular flexibility index (Phi) is 2.40. The molecule has 0 unspecified atom stereocenters. The first-order chi connectivity index (χ1) is 9.83. The van der Waals surface area contributed by atoms with Crippen LogP contribution in [0.15, 0.2) is 71.1 Å². The van der Waals surface area contributed by atoms with Gasteiger partial charge in [0, 0.05) is 10.9 Å². The molecule has 1 aromatic heterocycles. The largest absolute Gasteiger partial charge is 0.461 e. The van der Waals surface area contributed by atoms with Crippen molar-refractivity contribution in [2.45, 2.75) is 6.92 Å². The van der Waals surface area contributed by atoms with Crippen molar-refractivity contribution in [3.05, 3.63) is 72.5 Å². The van der Waals surface area contributed by atoms with Crippen LogP contribution in [0.2, 0.25) is 0 Å². The van der Waals surface area contributed by atoms with E-state index in [2.05, 4.69) is 60.7 Å². The van der Waals surface area contributed by atoms with Crippen molar-refractivity contribution in [1.29, 1.82) is 0 Å². The summed E-state index contributed by atoms with van der Waals surface area (Å²) in [6.07, 6.45) is 0. The highest BCUT2D eigenvalue weighted by Gasteiger charge is 2.13. The molecule has 0 saturated carbocycles. The fourth-order valence-corrected chi connectivity index (χ4v) is 2.87. The molecule has 0 spiro atoms. The molecule has 0 atom stereocenters. The number of fused-ring (bicyclic) bond motifs is 2. The molecule has 0 aliphatic carbocycles. The molecule has 0 fully saturated rings. The smallest absolute Gasteiger partial charge is 0.135 e. The Hall–Kier alpha value is -2.54. The van der Waals surface area contributed by atoms with Gasteiger partial charge >= 0.3 is 0 Å². The molecule has 4 rings (SSSR count). The lowest BCUT2D eigenvalue weighted by atomic mass is 10.00. The summed E-state index contributed by atoms with van der Waals surface area (Å²) in [7, 11) is 0. The van der Waals surface area contributed by atoms with Crippen LogP contribution < -0.4 is 0 Å². The predicted molar refractivity (Wildman–Crippen MR) is 83.9 cm³/mol. The number of furan rings is 1. The molecule has 4 aromatic rings. The molecular weight excluding hydrogens is 244 g/mol. The lowest BCUT2D eigenvalue weighted by Crippen LogP contribution is -1.78. The summed E-state index contributed by atoms with van der Waals surface area (Å²) in [6, 6.07) is 23.2. The predicted octanol–water partition coefficient (Wildman–Crippen LogP) is 5.56. The van der Waals surface area contributed by atoms with E-state index in [1.165, 1.54) is 27.3 Å². The zero-order chi connectivity index (χ0) is 13.5. The van der Waals surface area contributed by atoms with Crippen molar-refractivity contribution in [1.82, 2.24) is 0 Å². The van der Waals surface area contributed by atoms with E-state index in [1.54, 1.807) is 0 Å². The topological polar surface area (TPSA) is 13.1 Å². The Balaban J connectivity index is 2.10. The van der Waals surface area contributed by atoms with E-state index in [0.29, 0.717) is 0 Å². The number of hydrogen-bond acceptors (Lipinski definition) is 1. The van der Waals surface area contributed by atoms with Crippen molar-refractivity contribution >= 4 is 21.7 Å². The van der Waals surface area contributed by atoms with Crippen molar-refractivity contribution < 1.29 is 4.42 Å². The van der Waals surface area contributed by atoms with Gasteiger partial charge in [-0.1, -0.05) is 54.6 Å². The molecule has 96 valence electrons. The minimum Gasteiger partial charge on any atom is -0.461 e. The van der Waals surface area contributed by atoms with Gasteiger partial charge in [-0.3, -0.25) is 0 Å². The van der Waals surface area contributed by atoms with Crippen molar-refractivity contribution in [2.75, 3.05) is 0 Å². The van der Waals surface area contributed by atoms with Crippen LogP contribution in [0, 0.1) is 6.92 Å². The van der Waals surface area contributed by atoms with Crippen LogP contribution in [0.4, 0.5) is 0 Å². The third kappa shape index (κ3) is 1.64. The number of rotatable bonds is 1. The molecule has 0 amide bonds. The van der Waals surface area contributed by atoms with E-state index in [-0.39, 0.29) is 0 Å². The summed E-state index contributed by atoms with van der Waals surface area (Å²) >= 11 is 0. The first-order valence-corrected chi connectivity index (χ1v) is 6.80. The maximum Gasteiger partial charge on any atom is 0.135 e. The highest BCUT2D eigenvalue weighted by Crippen LogP contribution is 2.36. The monoisotopic (exact) mass is 258 g/mol. The third-order valence-electron chi connectivity index (χ3n) is 3.79. The van der Waals surface area contributed by atoms with E-state index in [9.17, 15) is 0 Å². The van der Waals surface area contributed by atoms with E-state index < -0.39 is 0 Å². The molecule has 0 N–H and O–H groups in total. The Morgan fingerprint density at radius 1 is 0.750 bits per heavy atom. The van der Waals surface area contributed by atoms with E-state index >= 15 is 0 Å². The van der Waals surface area contributed by atoms with Crippen LogP contribution in [0.3, 0.4) is 0 Å². The molecule has 0 aliphatic heterocycles. The van der Waals surface area contributed by atoms with Crippen molar-refractivity contribution in [3.8, 4) is 11.1 Å². The first-order valence-electron chi connectivity index (χ1n) is 6.80. The van der Waals surface area contributed by atoms with Gasteiger partial charge in [0.05, 0.1) is 0 Å². The molecule has 0 aliphatic rings. The van der Waals surface area contributed by atoms with Gasteiger partial charge in [-0.05, 0) is 35.4 Å². The lowest BCUT2D eigenvalue weighted by molar-refractivity contribution is 0.580. The zero-order valence-electron chi connectivity index (χ0n) is 11.3. The van der Waals surface area contributed by atoms with Crippen LogP contribution in [0.1, 0.15) is 5.76 Å². The van der Waals surface area contributed by atoms with Gasteiger partial charge < -0.3 is 4.42 Å². The first kappa shape index (κ1) is 11.3. The summed E-state index contributed by atoms with van der Waals surface area (Å²) in [5.41, 5.74) is 3.37. The Bertz CT molecular complexity index is 901. The molecule has 0 bridgehead atoms. The lowest BCUT2D eigenvalue weighted by Gasteiger charge is -2.01.